The Hall–Kier alpha value is -2.96. The Morgan fingerprint density at radius 1 is 1.18 bits per heavy atom. The van der Waals surface area contributed by atoms with E-state index in [1.807, 2.05) is 13.8 Å². The van der Waals surface area contributed by atoms with Crippen LogP contribution in [-0.4, -0.2) is 39.2 Å². The first kappa shape index (κ1) is 21.3. The molecule has 0 aliphatic rings. The Labute approximate surface area is 166 Å². The standard InChI is InChI=1S/C21H29N3O4/c1-6-22-21(23-10-9-16-8-7-14(2)19(11-16)26-4)24-13-17-12-18(15(3)28-17)20(25)27-5/h7-8,11-12H,6,9-10,13H2,1-5H3,(H2,22,23,24). The lowest BCUT2D eigenvalue weighted by Crippen LogP contribution is -2.38. The molecule has 1 aromatic carbocycles. The number of esters is 1. The number of guanidine groups is 1. The van der Waals surface area contributed by atoms with E-state index >= 15 is 0 Å². The van der Waals surface area contributed by atoms with Gasteiger partial charge in [0.05, 0.1) is 14.2 Å². The van der Waals surface area contributed by atoms with Crippen molar-refractivity contribution in [1.29, 1.82) is 0 Å². The number of benzene rings is 1. The number of nitrogens with one attached hydrogen (secondary N) is 2. The predicted octanol–water partition coefficient (Wildman–Crippen LogP) is 2.99. The predicted molar refractivity (Wildman–Crippen MR) is 109 cm³/mol. The van der Waals surface area contributed by atoms with Gasteiger partial charge in [-0.2, -0.15) is 0 Å². The van der Waals surface area contributed by atoms with E-state index in [-0.39, 0.29) is 0 Å². The van der Waals surface area contributed by atoms with Crippen molar-refractivity contribution < 1.29 is 18.7 Å². The minimum absolute atomic E-state index is 0.325. The van der Waals surface area contributed by atoms with Crippen LogP contribution >= 0.6 is 0 Å². The summed E-state index contributed by atoms with van der Waals surface area (Å²) in [5.74, 6) is 2.32. The lowest BCUT2D eigenvalue weighted by atomic mass is 10.1. The summed E-state index contributed by atoms with van der Waals surface area (Å²) < 4.78 is 15.7. The fraction of sp³-hybridized carbons (Fsp3) is 0.429. The molecule has 0 bridgehead atoms. The summed E-state index contributed by atoms with van der Waals surface area (Å²) in [6.07, 6.45) is 0.841. The molecule has 2 aromatic rings. The minimum atomic E-state index is -0.407. The number of hydrogen-bond donors (Lipinski definition) is 2. The summed E-state index contributed by atoms with van der Waals surface area (Å²) in [7, 11) is 3.03. The summed E-state index contributed by atoms with van der Waals surface area (Å²) in [5, 5.41) is 6.52. The number of hydrogen-bond acceptors (Lipinski definition) is 5. The number of aliphatic imine (C=N–C) groups is 1. The molecule has 1 aromatic heterocycles. The number of ether oxygens (including phenoxy) is 2. The average Bonchev–Trinajstić information content (AvgIpc) is 3.07. The number of methoxy groups -OCH3 is 2. The van der Waals surface area contributed by atoms with Gasteiger partial charge in [0.2, 0.25) is 0 Å². The molecular weight excluding hydrogens is 358 g/mol. The van der Waals surface area contributed by atoms with E-state index in [1.165, 1.54) is 12.7 Å². The van der Waals surface area contributed by atoms with Crippen LogP contribution in [0, 0.1) is 13.8 Å². The van der Waals surface area contributed by atoms with Gasteiger partial charge >= 0.3 is 5.97 Å². The van der Waals surface area contributed by atoms with Gasteiger partial charge in [-0.05, 0) is 50.5 Å². The highest BCUT2D eigenvalue weighted by atomic mass is 16.5. The lowest BCUT2D eigenvalue weighted by molar-refractivity contribution is 0.0599. The van der Waals surface area contributed by atoms with Crippen LogP contribution in [0.2, 0.25) is 0 Å². The maximum absolute atomic E-state index is 11.7. The van der Waals surface area contributed by atoms with E-state index in [4.69, 9.17) is 13.9 Å². The van der Waals surface area contributed by atoms with Crippen LogP contribution in [0.4, 0.5) is 0 Å². The number of carbonyl (C=O) groups is 1. The highest BCUT2D eigenvalue weighted by Crippen LogP contribution is 2.19. The third kappa shape index (κ3) is 5.77. The monoisotopic (exact) mass is 387 g/mol. The number of rotatable bonds is 8. The molecule has 2 N–H and O–H groups in total. The summed E-state index contributed by atoms with van der Waals surface area (Å²) in [5.41, 5.74) is 2.74. The highest BCUT2D eigenvalue weighted by molar-refractivity contribution is 5.90. The molecule has 2 rings (SSSR count). The smallest absolute Gasteiger partial charge is 0.341 e. The molecule has 152 valence electrons. The third-order valence-corrected chi connectivity index (χ3v) is 4.29. The van der Waals surface area contributed by atoms with Gasteiger partial charge < -0.3 is 24.5 Å². The molecule has 1 heterocycles. The van der Waals surface area contributed by atoms with Gasteiger partial charge in [-0.25, -0.2) is 9.79 Å². The first-order valence-corrected chi connectivity index (χ1v) is 9.31. The highest BCUT2D eigenvalue weighted by Gasteiger charge is 2.15. The second-order valence-electron chi connectivity index (χ2n) is 6.35. The normalized spacial score (nSPS) is 11.2. The van der Waals surface area contributed by atoms with Gasteiger partial charge in [0.25, 0.3) is 0 Å². The molecule has 0 fully saturated rings. The Morgan fingerprint density at radius 3 is 2.64 bits per heavy atom. The fourth-order valence-electron chi connectivity index (χ4n) is 2.78. The zero-order valence-electron chi connectivity index (χ0n) is 17.2. The molecule has 0 saturated heterocycles. The van der Waals surface area contributed by atoms with E-state index in [9.17, 15) is 4.79 Å². The van der Waals surface area contributed by atoms with E-state index in [2.05, 4.69) is 33.8 Å². The molecule has 0 unspecified atom stereocenters. The molecular formula is C21H29N3O4. The van der Waals surface area contributed by atoms with Gasteiger partial charge in [-0.3, -0.25) is 0 Å². The van der Waals surface area contributed by atoms with E-state index in [0.29, 0.717) is 29.6 Å². The number of aryl methyl sites for hydroxylation is 2. The Balaban J connectivity index is 1.96. The summed E-state index contributed by atoms with van der Waals surface area (Å²) in [6.45, 7) is 7.56. The summed E-state index contributed by atoms with van der Waals surface area (Å²) in [4.78, 5) is 16.2. The Kier molecular flexibility index (Phi) is 7.92. The zero-order valence-corrected chi connectivity index (χ0v) is 17.2. The molecule has 0 aliphatic heterocycles. The van der Waals surface area contributed by atoms with Crippen molar-refractivity contribution in [2.24, 2.45) is 4.99 Å². The summed E-state index contributed by atoms with van der Waals surface area (Å²) >= 11 is 0. The van der Waals surface area contributed by atoms with Crippen molar-refractivity contribution in [3.63, 3.8) is 0 Å². The van der Waals surface area contributed by atoms with Crippen molar-refractivity contribution in [1.82, 2.24) is 10.6 Å². The molecule has 0 aliphatic carbocycles. The molecule has 0 radical (unpaired) electrons. The number of nitrogens with zero attached hydrogens (tertiary/aromatic N) is 1. The SMILES string of the molecule is CCNC(=NCc1cc(C(=O)OC)c(C)o1)NCCc1ccc(C)c(OC)c1. The second-order valence-corrected chi connectivity index (χ2v) is 6.35. The average molecular weight is 387 g/mol. The van der Waals surface area contributed by atoms with Gasteiger partial charge in [0.1, 0.15) is 29.4 Å². The molecule has 28 heavy (non-hydrogen) atoms. The van der Waals surface area contributed by atoms with E-state index in [1.54, 1.807) is 20.1 Å². The quantitative estimate of drug-likeness (QED) is 0.411. The second kappa shape index (κ2) is 10.4. The van der Waals surface area contributed by atoms with Crippen LogP contribution in [0.1, 0.15) is 39.9 Å². The number of carbonyl (C=O) groups excluding carboxylic acids is 1. The molecule has 0 spiro atoms. The van der Waals surface area contributed by atoms with Crippen molar-refractivity contribution in [2.45, 2.75) is 33.7 Å². The van der Waals surface area contributed by atoms with Crippen LogP contribution < -0.4 is 15.4 Å². The molecule has 0 amide bonds. The van der Waals surface area contributed by atoms with Gasteiger partial charge in [0, 0.05) is 13.1 Å². The molecule has 0 atom stereocenters. The first-order chi connectivity index (χ1) is 13.5. The third-order valence-electron chi connectivity index (χ3n) is 4.29. The summed E-state index contributed by atoms with van der Waals surface area (Å²) in [6, 6.07) is 7.89. The van der Waals surface area contributed by atoms with E-state index in [0.717, 1.165) is 30.8 Å². The fourth-order valence-corrected chi connectivity index (χ4v) is 2.78. The van der Waals surface area contributed by atoms with Crippen LogP contribution in [0.3, 0.4) is 0 Å². The van der Waals surface area contributed by atoms with Gasteiger partial charge in [0.15, 0.2) is 5.96 Å². The maximum Gasteiger partial charge on any atom is 0.341 e. The van der Waals surface area contributed by atoms with E-state index < -0.39 is 5.97 Å². The van der Waals surface area contributed by atoms with Crippen molar-refractivity contribution >= 4 is 11.9 Å². The topological polar surface area (TPSA) is 85.1 Å². The van der Waals surface area contributed by atoms with Crippen LogP contribution in [0.25, 0.3) is 0 Å². The zero-order chi connectivity index (χ0) is 20.5. The van der Waals surface area contributed by atoms with Gasteiger partial charge in [-0.1, -0.05) is 12.1 Å². The van der Waals surface area contributed by atoms with Crippen LogP contribution in [0.5, 0.6) is 5.75 Å². The maximum atomic E-state index is 11.7. The van der Waals surface area contributed by atoms with Crippen molar-refractivity contribution in [2.75, 3.05) is 27.3 Å². The molecule has 7 nitrogen and oxygen atoms in total. The largest absolute Gasteiger partial charge is 0.496 e. The van der Waals surface area contributed by atoms with Crippen LogP contribution in [0.15, 0.2) is 33.7 Å². The Morgan fingerprint density at radius 2 is 1.96 bits per heavy atom. The van der Waals surface area contributed by atoms with Crippen molar-refractivity contribution in [3.05, 3.63) is 52.5 Å². The van der Waals surface area contributed by atoms with Crippen molar-refractivity contribution in [3.8, 4) is 5.75 Å². The van der Waals surface area contributed by atoms with Crippen LogP contribution in [-0.2, 0) is 17.7 Å². The lowest BCUT2D eigenvalue weighted by Gasteiger charge is -2.12. The Bertz CT molecular complexity index is 827. The first-order valence-electron chi connectivity index (χ1n) is 9.31. The minimum Gasteiger partial charge on any atom is -0.496 e. The molecule has 0 saturated carbocycles. The number of furan rings is 1. The van der Waals surface area contributed by atoms with Gasteiger partial charge in [-0.15, -0.1) is 0 Å². The molecule has 7 heteroatoms.